The van der Waals surface area contributed by atoms with Crippen LogP contribution in [0.5, 0.6) is 0 Å². The maximum atomic E-state index is 12.4. The standard InChI is InChI=1S/C15H24N4O2/c1-10-11(2)16-19(12(10)3)7-6-14(20)18-9-8-17(5)15(21)13(18)4/h13H,6-9H2,1-5H3/t13-/m1/s1. The molecule has 6 nitrogen and oxygen atoms in total. The van der Waals surface area contributed by atoms with Crippen LogP contribution in [0.3, 0.4) is 0 Å². The Kier molecular flexibility index (Phi) is 4.34. The molecule has 0 spiro atoms. The lowest BCUT2D eigenvalue weighted by molar-refractivity contribution is -0.149. The Morgan fingerprint density at radius 2 is 1.95 bits per heavy atom. The number of likely N-dealkylation sites (N-methyl/N-ethyl adjacent to an activating group) is 1. The van der Waals surface area contributed by atoms with Gasteiger partial charge in [-0.2, -0.15) is 5.10 Å². The highest BCUT2D eigenvalue weighted by Crippen LogP contribution is 2.14. The second kappa shape index (κ2) is 5.87. The number of aromatic nitrogens is 2. The highest BCUT2D eigenvalue weighted by atomic mass is 16.2. The molecule has 1 atom stereocenters. The van der Waals surface area contributed by atoms with E-state index in [0.29, 0.717) is 26.1 Å². The van der Waals surface area contributed by atoms with Crippen LogP contribution in [0.25, 0.3) is 0 Å². The number of nitrogens with zero attached hydrogens (tertiary/aromatic N) is 4. The summed E-state index contributed by atoms with van der Waals surface area (Å²) < 4.78 is 1.88. The quantitative estimate of drug-likeness (QED) is 0.831. The van der Waals surface area contributed by atoms with Gasteiger partial charge in [-0.15, -0.1) is 0 Å². The van der Waals surface area contributed by atoms with E-state index in [9.17, 15) is 9.59 Å². The summed E-state index contributed by atoms with van der Waals surface area (Å²) in [5.41, 5.74) is 3.27. The van der Waals surface area contributed by atoms with Crippen LogP contribution >= 0.6 is 0 Å². The van der Waals surface area contributed by atoms with E-state index < -0.39 is 0 Å². The molecule has 0 saturated carbocycles. The molecule has 0 unspecified atom stereocenters. The molecule has 1 saturated heterocycles. The van der Waals surface area contributed by atoms with Crippen LogP contribution in [-0.2, 0) is 16.1 Å². The van der Waals surface area contributed by atoms with E-state index in [1.54, 1.807) is 23.8 Å². The van der Waals surface area contributed by atoms with Gasteiger partial charge in [0.05, 0.1) is 5.69 Å². The summed E-state index contributed by atoms with van der Waals surface area (Å²) in [6.07, 6.45) is 0.378. The molecule has 0 bridgehead atoms. The molecule has 0 radical (unpaired) electrons. The number of hydrogen-bond donors (Lipinski definition) is 0. The third-order valence-electron chi connectivity index (χ3n) is 4.48. The van der Waals surface area contributed by atoms with Gasteiger partial charge < -0.3 is 9.80 Å². The lowest BCUT2D eigenvalue weighted by Gasteiger charge is -2.37. The summed E-state index contributed by atoms with van der Waals surface area (Å²) >= 11 is 0. The van der Waals surface area contributed by atoms with Gasteiger partial charge in [-0.3, -0.25) is 14.3 Å². The van der Waals surface area contributed by atoms with Gasteiger partial charge in [-0.25, -0.2) is 0 Å². The number of carbonyl (C=O) groups is 2. The van der Waals surface area contributed by atoms with Crippen LogP contribution in [0, 0.1) is 20.8 Å². The lowest BCUT2D eigenvalue weighted by Crippen LogP contribution is -2.56. The summed E-state index contributed by atoms with van der Waals surface area (Å²) in [4.78, 5) is 27.6. The van der Waals surface area contributed by atoms with Gasteiger partial charge in [-0.05, 0) is 33.3 Å². The van der Waals surface area contributed by atoms with E-state index in [1.165, 1.54) is 5.56 Å². The fourth-order valence-electron chi connectivity index (χ4n) is 2.70. The van der Waals surface area contributed by atoms with E-state index in [0.717, 1.165) is 11.4 Å². The minimum absolute atomic E-state index is 0.0107. The molecule has 1 fully saturated rings. The van der Waals surface area contributed by atoms with Crippen molar-refractivity contribution in [3.05, 3.63) is 17.0 Å². The van der Waals surface area contributed by atoms with Crippen molar-refractivity contribution < 1.29 is 9.59 Å². The first-order chi connectivity index (χ1) is 9.82. The Labute approximate surface area is 125 Å². The second-order valence-corrected chi connectivity index (χ2v) is 5.79. The van der Waals surface area contributed by atoms with Crippen LogP contribution in [0.4, 0.5) is 0 Å². The molecule has 1 aromatic rings. The van der Waals surface area contributed by atoms with Crippen LogP contribution in [0.2, 0.25) is 0 Å². The second-order valence-electron chi connectivity index (χ2n) is 5.79. The first-order valence-electron chi connectivity index (χ1n) is 7.38. The Bertz CT molecular complexity index is 564. The molecule has 21 heavy (non-hydrogen) atoms. The van der Waals surface area contributed by atoms with Crippen molar-refractivity contribution in [2.45, 2.75) is 46.7 Å². The third-order valence-corrected chi connectivity index (χ3v) is 4.48. The fourth-order valence-corrected chi connectivity index (χ4v) is 2.70. The minimum Gasteiger partial charge on any atom is -0.342 e. The van der Waals surface area contributed by atoms with Gasteiger partial charge in [0.15, 0.2) is 0 Å². The summed E-state index contributed by atoms with van der Waals surface area (Å²) in [6, 6.07) is -0.363. The molecule has 6 heteroatoms. The lowest BCUT2D eigenvalue weighted by atomic mass is 10.1. The largest absolute Gasteiger partial charge is 0.342 e. The molecular formula is C15H24N4O2. The van der Waals surface area contributed by atoms with Crippen LogP contribution in [0.15, 0.2) is 0 Å². The Morgan fingerprint density at radius 1 is 1.29 bits per heavy atom. The molecule has 1 aliphatic heterocycles. The number of aryl methyl sites for hydroxylation is 2. The van der Waals surface area contributed by atoms with Crippen molar-refractivity contribution in [1.29, 1.82) is 0 Å². The molecule has 0 N–H and O–H groups in total. The van der Waals surface area contributed by atoms with E-state index in [1.807, 2.05) is 25.5 Å². The van der Waals surface area contributed by atoms with Crippen molar-refractivity contribution in [2.24, 2.45) is 0 Å². The smallest absolute Gasteiger partial charge is 0.244 e. The zero-order valence-corrected chi connectivity index (χ0v) is 13.5. The molecule has 2 amide bonds. The molecule has 1 aliphatic rings. The predicted molar refractivity (Wildman–Crippen MR) is 79.9 cm³/mol. The molecule has 2 rings (SSSR count). The molecular weight excluding hydrogens is 268 g/mol. The van der Waals surface area contributed by atoms with Gasteiger partial charge in [0, 0.05) is 38.8 Å². The van der Waals surface area contributed by atoms with Gasteiger partial charge in [0.25, 0.3) is 0 Å². The Balaban J connectivity index is 1.99. The van der Waals surface area contributed by atoms with Crippen LogP contribution in [0.1, 0.15) is 30.3 Å². The molecule has 0 aliphatic carbocycles. The van der Waals surface area contributed by atoms with Gasteiger partial charge in [-0.1, -0.05) is 0 Å². The number of amides is 2. The molecule has 0 aromatic carbocycles. The van der Waals surface area contributed by atoms with E-state index in [4.69, 9.17) is 0 Å². The highest BCUT2D eigenvalue weighted by molar-refractivity contribution is 5.88. The maximum Gasteiger partial charge on any atom is 0.244 e. The third kappa shape index (κ3) is 2.94. The first-order valence-corrected chi connectivity index (χ1v) is 7.38. The number of hydrogen-bond acceptors (Lipinski definition) is 3. The zero-order valence-electron chi connectivity index (χ0n) is 13.5. The molecule has 1 aromatic heterocycles. The van der Waals surface area contributed by atoms with Crippen LogP contribution < -0.4 is 0 Å². The normalized spacial score (nSPS) is 19.3. The molecule has 2 heterocycles. The van der Waals surface area contributed by atoms with Crippen molar-refractivity contribution in [1.82, 2.24) is 19.6 Å². The summed E-state index contributed by atoms with van der Waals surface area (Å²) in [6.45, 7) is 9.60. The fraction of sp³-hybridized carbons (Fsp3) is 0.667. The Morgan fingerprint density at radius 3 is 2.52 bits per heavy atom. The highest BCUT2D eigenvalue weighted by Gasteiger charge is 2.32. The Hall–Kier alpha value is -1.85. The number of rotatable bonds is 3. The van der Waals surface area contributed by atoms with E-state index in [-0.39, 0.29) is 17.9 Å². The van der Waals surface area contributed by atoms with Gasteiger partial charge >= 0.3 is 0 Å². The monoisotopic (exact) mass is 292 g/mol. The molecule has 116 valence electrons. The van der Waals surface area contributed by atoms with E-state index in [2.05, 4.69) is 5.10 Å². The zero-order chi connectivity index (χ0) is 15.7. The van der Waals surface area contributed by atoms with Crippen molar-refractivity contribution >= 4 is 11.8 Å². The summed E-state index contributed by atoms with van der Waals surface area (Å²) in [7, 11) is 1.78. The van der Waals surface area contributed by atoms with Crippen molar-refractivity contribution in [3.63, 3.8) is 0 Å². The predicted octanol–water partition coefficient (Wildman–Crippen LogP) is 0.888. The van der Waals surface area contributed by atoms with Gasteiger partial charge in [0.2, 0.25) is 11.8 Å². The average Bonchev–Trinajstić information content (AvgIpc) is 2.69. The minimum atomic E-state index is -0.363. The average molecular weight is 292 g/mol. The first kappa shape index (κ1) is 15.5. The summed E-state index contributed by atoms with van der Waals surface area (Å²) in [5, 5.41) is 4.44. The van der Waals surface area contributed by atoms with Crippen LogP contribution in [-0.4, -0.2) is 57.6 Å². The topological polar surface area (TPSA) is 58.4 Å². The maximum absolute atomic E-state index is 12.4. The van der Waals surface area contributed by atoms with Crippen molar-refractivity contribution in [2.75, 3.05) is 20.1 Å². The van der Waals surface area contributed by atoms with Crippen molar-refractivity contribution in [3.8, 4) is 0 Å². The van der Waals surface area contributed by atoms with E-state index >= 15 is 0 Å². The van der Waals surface area contributed by atoms with Gasteiger partial charge in [0.1, 0.15) is 6.04 Å². The number of carbonyl (C=O) groups excluding carboxylic acids is 2. The SMILES string of the molecule is Cc1nn(CCC(=O)N2CCN(C)C(=O)[C@H]2C)c(C)c1C. The summed E-state index contributed by atoms with van der Waals surface area (Å²) in [5.74, 6) is 0.0331. The number of piperazine rings is 1.